The molecule has 0 saturated carbocycles. The number of rotatable bonds is 7. The van der Waals surface area contributed by atoms with Crippen molar-refractivity contribution in [2.24, 2.45) is 11.1 Å². The molecular formula is C18H24BrN3. The molecule has 0 aliphatic rings. The molecule has 0 spiro atoms. The van der Waals surface area contributed by atoms with E-state index in [0.29, 0.717) is 6.54 Å². The maximum atomic E-state index is 5.92. The molecule has 3 nitrogen and oxygen atoms in total. The normalized spacial score (nSPS) is 11.9. The fourth-order valence-electron chi connectivity index (χ4n) is 2.48. The maximum Gasteiger partial charge on any atom is 0.0271 e. The van der Waals surface area contributed by atoms with Crippen LogP contribution in [0.15, 0.2) is 53.3 Å². The van der Waals surface area contributed by atoms with Crippen LogP contribution in [-0.2, 0) is 13.1 Å². The summed E-state index contributed by atoms with van der Waals surface area (Å²) in [6.07, 6.45) is 3.70. The predicted octanol–water partition coefficient (Wildman–Crippen LogP) is 3.83. The van der Waals surface area contributed by atoms with E-state index in [0.717, 1.165) is 24.1 Å². The van der Waals surface area contributed by atoms with Gasteiger partial charge in [0.15, 0.2) is 0 Å². The number of nitrogens with two attached hydrogens (primary N) is 1. The second kappa shape index (κ2) is 7.86. The van der Waals surface area contributed by atoms with Gasteiger partial charge in [-0.25, -0.2) is 0 Å². The van der Waals surface area contributed by atoms with Crippen molar-refractivity contribution in [3.63, 3.8) is 0 Å². The lowest BCUT2D eigenvalue weighted by atomic mass is 9.92. The van der Waals surface area contributed by atoms with Gasteiger partial charge in [-0.1, -0.05) is 41.9 Å². The van der Waals surface area contributed by atoms with Gasteiger partial charge < -0.3 is 5.73 Å². The fourth-order valence-corrected chi connectivity index (χ4v) is 2.92. The molecule has 4 heteroatoms. The molecule has 22 heavy (non-hydrogen) atoms. The number of hydrogen-bond acceptors (Lipinski definition) is 3. The number of aromatic nitrogens is 1. The van der Waals surface area contributed by atoms with Gasteiger partial charge in [-0.05, 0) is 47.4 Å². The number of pyridine rings is 1. The Morgan fingerprint density at radius 2 is 1.77 bits per heavy atom. The molecule has 0 bridgehead atoms. The molecule has 1 aromatic heterocycles. The molecule has 0 unspecified atom stereocenters. The first-order valence-electron chi connectivity index (χ1n) is 7.54. The Morgan fingerprint density at radius 1 is 1.09 bits per heavy atom. The van der Waals surface area contributed by atoms with E-state index in [9.17, 15) is 0 Å². The van der Waals surface area contributed by atoms with Crippen LogP contribution in [0.4, 0.5) is 0 Å². The summed E-state index contributed by atoms with van der Waals surface area (Å²) in [4.78, 5) is 6.54. The van der Waals surface area contributed by atoms with Crippen LogP contribution < -0.4 is 5.73 Å². The number of halogens is 1. The molecule has 0 fully saturated rings. The van der Waals surface area contributed by atoms with Crippen molar-refractivity contribution in [1.82, 2.24) is 9.88 Å². The van der Waals surface area contributed by atoms with Crippen LogP contribution in [0.5, 0.6) is 0 Å². The third kappa shape index (κ3) is 5.52. The molecule has 0 aliphatic carbocycles. The summed E-state index contributed by atoms with van der Waals surface area (Å²) < 4.78 is 1.12. The van der Waals surface area contributed by atoms with E-state index in [1.807, 2.05) is 12.4 Å². The number of nitrogens with zero attached hydrogens (tertiary/aromatic N) is 2. The number of benzene rings is 1. The minimum absolute atomic E-state index is 0.0963. The Bertz CT molecular complexity index is 584. The van der Waals surface area contributed by atoms with Crippen molar-refractivity contribution >= 4 is 15.9 Å². The molecule has 0 atom stereocenters. The maximum absolute atomic E-state index is 5.92. The minimum Gasteiger partial charge on any atom is -0.330 e. The molecule has 1 heterocycles. The molecule has 118 valence electrons. The van der Waals surface area contributed by atoms with Gasteiger partial charge in [0, 0.05) is 36.5 Å². The first kappa shape index (κ1) is 17.1. The van der Waals surface area contributed by atoms with Crippen LogP contribution in [-0.4, -0.2) is 23.0 Å². The second-order valence-electron chi connectivity index (χ2n) is 6.50. The Kier molecular flexibility index (Phi) is 6.12. The van der Waals surface area contributed by atoms with Crippen molar-refractivity contribution in [2.45, 2.75) is 26.9 Å². The molecule has 2 rings (SSSR count). The summed E-state index contributed by atoms with van der Waals surface area (Å²) in [6, 6.07) is 12.6. The topological polar surface area (TPSA) is 42.1 Å². The van der Waals surface area contributed by atoms with Crippen molar-refractivity contribution in [3.05, 3.63) is 64.4 Å². The van der Waals surface area contributed by atoms with Crippen LogP contribution in [0.1, 0.15) is 25.0 Å². The third-order valence-corrected chi connectivity index (χ3v) is 4.15. The zero-order chi connectivity index (χ0) is 16.0. The minimum atomic E-state index is 0.0963. The SMILES string of the molecule is CC(C)(CN)CN(Cc1ccncc1)Cc1cccc(Br)c1. The van der Waals surface area contributed by atoms with Crippen LogP contribution in [0.3, 0.4) is 0 Å². The Hall–Kier alpha value is -1.23. The lowest BCUT2D eigenvalue weighted by Crippen LogP contribution is -2.38. The van der Waals surface area contributed by atoms with Crippen LogP contribution >= 0.6 is 15.9 Å². The summed E-state index contributed by atoms with van der Waals surface area (Å²) in [5.74, 6) is 0. The summed E-state index contributed by atoms with van der Waals surface area (Å²) in [6.45, 7) is 7.88. The standard InChI is InChI=1S/C18H24BrN3/c1-18(2,13-20)14-22(11-15-6-8-21-9-7-15)12-16-4-3-5-17(19)10-16/h3-10H,11-14,20H2,1-2H3. The molecule has 0 saturated heterocycles. The van der Waals surface area contributed by atoms with Gasteiger partial charge >= 0.3 is 0 Å². The lowest BCUT2D eigenvalue weighted by Gasteiger charge is -2.32. The van der Waals surface area contributed by atoms with E-state index >= 15 is 0 Å². The van der Waals surface area contributed by atoms with Gasteiger partial charge in [-0.2, -0.15) is 0 Å². The second-order valence-corrected chi connectivity index (χ2v) is 7.41. The first-order valence-corrected chi connectivity index (χ1v) is 8.33. The van der Waals surface area contributed by atoms with Crippen LogP contribution in [0, 0.1) is 5.41 Å². The van der Waals surface area contributed by atoms with E-state index in [-0.39, 0.29) is 5.41 Å². The van der Waals surface area contributed by atoms with Crippen LogP contribution in [0.25, 0.3) is 0 Å². The summed E-state index contributed by atoms with van der Waals surface area (Å²) in [5, 5.41) is 0. The van der Waals surface area contributed by atoms with E-state index in [2.05, 4.69) is 76.1 Å². The highest BCUT2D eigenvalue weighted by atomic mass is 79.9. The molecule has 0 radical (unpaired) electrons. The summed E-state index contributed by atoms with van der Waals surface area (Å²) >= 11 is 3.55. The number of hydrogen-bond donors (Lipinski definition) is 1. The highest BCUT2D eigenvalue weighted by Gasteiger charge is 2.20. The highest BCUT2D eigenvalue weighted by Crippen LogP contribution is 2.20. The average molecular weight is 362 g/mol. The summed E-state index contributed by atoms with van der Waals surface area (Å²) in [7, 11) is 0. The molecule has 2 N–H and O–H groups in total. The first-order chi connectivity index (χ1) is 10.5. The lowest BCUT2D eigenvalue weighted by molar-refractivity contribution is 0.168. The van der Waals surface area contributed by atoms with Gasteiger partial charge in [-0.3, -0.25) is 9.88 Å². The largest absolute Gasteiger partial charge is 0.330 e. The summed E-state index contributed by atoms with van der Waals surface area (Å²) in [5.41, 5.74) is 8.60. The highest BCUT2D eigenvalue weighted by molar-refractivity contribution is 9.10. The van der Waals surface area contributed by atoms with Crippen molar-refractivity contribution in [2.75, 3.05) is 13.1 Å². The zero-order valence-electron chi connectivity index (χ0n) is 13.3. The van der Waals surface area contributed by atoms with Gasteiger partial charge in [-0.15, -0.1) is 0 Å². The Morgan fingerprint density at radius 3 is 2.41 bits per heavy atom. The molecule has 2 aromatic rings. The molecule has 0 amide bonds. The average Bonchev–Trinajstić information content (AvgIpc) is 2.48. The molecule has 0 aliphatic heterocycles. The van der Waals surface area contributed by atoms with Crippen LogP contribution in [0.2, 0.25) is 0 Å². The van der Waals surface area contributed by atoms with E-state index in [1.165, 1.54) is 11.1 Å². The van der Waals surface area contributed by atoms with Crippen molar-refractivity contribution in [3.8, 4) is 0 Å². The smallest absolute Gasteiger partial charge is 0.0271 e. The van der Waals surface area contributed by atoms with E-state index in [4.69, 9.17) is 5.73 Å². The van der Waals surface area contributed by atoms with Gasteiger partial charge in [0.05, 0.1) is 0 Å². The Balaban J connectivity index is 2.14. The molecule has 1 aromatic carbocycles. The van der Waals surface area contributed by atoms with Crippen molar-refractivity contribution < 1.29 is 0 Å². The fraction of sp³-hybridized carbons (Fsp3) is 0.389. The third-order valence-electron chi connectivity index (χ3n) is 3.65. The van der Waals surface area contributed by atoms with Gasteiger partial charge in [0.25, 0.3) is 0 Å². The Labute approximate surface area is 141 Å². The van der Waals surface area contributed by atoms with E-state index < -0.39 is 0 Å². The predicted molar refractivity (Wildman–Crippen MR) is 95.3 cm³/mol. The monoisotopic (exact) mass is 361 g/mol. The quantitative estimate of drug-likeness (QED) is 0.814. The molecular weight excluding hydrogens is 338 g/mol. The van der Waals surface area contributed by atoms with E-state index in [1.54, 1.807) is 0 Å². The van der Waals surface area contributed by atoms with Crippen molar-refractivity contribution in [1.29, 1.82) is 0 Å². The zero-order valence-corrected chi connectivity index (χ0v) is 14.9. The van der Waals surface area contributed by atoms with Gasteiger partial charge in [0.2, 0.25) is 0 Å². The van der Waals surface area contributed by atoms with Gasteiger partial charge in [0.1, 0.15) is 0 Å².